The number of nitrogens with zero attached hydrogens (tertiary/aromatic N) is 2. The van der Waals surface area contributed by atoms with E-state index in [0.717, 1.165) is 16.5 Å². The molecule has 0 aliphatic carbocycles. The van der Waals surface area contributed by atoms with Crippen molar-refractivity contribution in [2.45, 2.75) is 6.42 Å². The molecular formula is C24H21N5O2. The smallest absolute Gasteiger partial charge is 0.251 e. The van der Waals surface area contributed by atoms with E-state index in [1.807, 2.05) is 36.4 Å². The SMILES string of the molecule is O=C(C=Cc1n[nH]c2ccccc12)Nc1ccc(C(=O)NCCc2cccnc2)cc1. The fraction of sp³-hybridized carbons (Fsp3) is 0.0833. The van der Waals surface area contributed by atoms with Gasteiger partial charge in [-0.3, -0.25) is 19.7 Å². The third-order valence-electron chi connectivity index (χ3n) is 4.73. The van der Waals surface area contributed by atoms with Crippen LogP contribution in [0.15, 0.2) is 79.1 Å². The van der Waals surface area contributed by atoms with Crippen LogP contribution in [0.5, 0.6) is 0 Å². The van der Waals surface area contributed by atoms with Gasteiger partial charge in [0.25, 0.3) is 5.91 Å². The first-order chi connectivity index (χ1) is 15.2. The van der Waals surface area contributed by atoms with Gasteiger partial charge < -0.3 is 10.6 Å². The molecule has 0 radical (unpaired) electrons. The Morgan fingerprint density at radius 2 is 1.84 bits per heavy atom. The van der Waals surface area contributed by atoms with E-state index >= 15 is 0 Å². The molecule has 7 heteroatoms. The van der Waals surface area contributed by atoms with Crippen molar-refractivity contribution in [2.75, 3.05) is 11.9 Å². The molecule has 0 unspecified atom stereocenters. The molecule has 3 N–H and O–H groups in total. The Kier molecular flexibility index (Phi) is 6.13. The van der Waals surface area contributed by atoms with Crippen LogP contribution < -0.4 is 10.6 Å². The number of anilines is 1. The van der Waals surface area contributed by atoms with Gasteiger partial charge in [0, 0.05) is 41.7 Å². The Hall–Kier alpha value is -4.26. The van der Waals surface area contributed by atoms with Crippen molar-refractivity contribution >= 4 is 34.5 Å². The monoisotopic (exact) mass is 411 g/mol. The van der Waals surface area contributed by atoms with Crippen LogP contribution in [-0.4, -0.2) is 33.5 Å². The number of aromatic amines is 1. The second-order valence-electron chi connectivity index (χ2n) is 6.92. The lowest BCUT2D eigenvalue weighted by molar-refractivity contribution is -0.111. The minimum Gasteiger partial charge on any atom is -0.352 e. The molecule has 0 bridgehead atoms. The van der Waals surface area contributed by atoms with Crippen molar-refractivity contribution < 1.29 is 9.59 Å². The number of carbonyl (C=O) groups is 2. The largest absolute Gasteiger partial charge is 0.352 e. The number of rotatable bonds is 7. The summed E-state index contributed by atoms with van der Waals surface area (Å²) in [6.07, 6.45) is 7.31. The molecule has 154 valence electrons. The Bertz CT molecular complexity index is 1210. The van der Waals surface area contributed by atoms with Crippen LogP contribution in [0.4, 0.5) is 5.69 Å². The van der Waals surface area contributed by atoms with E-state index in [9.17, 15) is 9.59 Å². The van der Waals surface area contributed by atoms with E-state index in [4.69, 9.17) is 0 Å². The zero-order valence-electron chi connectivity index (χ0n) is 16.7. The fourth-order valence-electron chi connectivity index (χ4n) is 3.12. The Labute approximate surface area is 179 Å². The summed E-state index contributed by atoms with van der Waals surface area (Å²) < 4.78 is 0. The van der Waals surface area contributed by atoms with Crippen molar-refractivity contribution in [2.24, 2.45) is 0 Å². The van der Waals surface area contributed by atoms with Crippen molar-refractivity contribution in [1.82, 2.24) is 20.5 Å². The molecule has 2 amide bonds. The topological polar surface area (TPSA) is 99.8 Å². The van der Waals surface area contributed by atoms with Gasteiger partial charge in [0.2, 0.25) is 5.91 Å². The van der Waals surface area contributed by atoms with Gasteiger partial charge >= 0.3 is 0 Å². The van der Waals surface area contributed by atoms with Gasteiger partial charge in [-0.2, -0.15) is 5.10 Å². The van der Waals surface area contributed by atoms with E-state index in [2.05, 4.69) is 25.8 Å². The standard InChI is InChI=1S/C24H21N5O2/c30-23(12-11-22-20-5-1-2-6-21(20)28-29-22)27-19-9-7-18(8-10-19)24(31)26-15-13-17-4-3-14-25-16-17/h1-12,14,16H,13,15H2,(H,26,31)(H,27,30)(H,28,29). The highest BCUT2D eigenvalue weighted by atomic mass is 16.2. The van der Waals surface area contributed by atoms with E-state index in [1.165, 1.54) is 6.08 Å². The molecular weight excluding hydrogens is 390 g/mol. The lowest BCUT2D eigenvalue weighted by atomic mass is 10.1. The molecule has 0 spiro atoms. The molecule has 4 aromatic rings. The summed E-state index contributed by atoms with van der Waals surface area (Å²) in [4.78, 5) is 28.6. The van der Waals surface area contributed by atoms with Crippen molar-refractivity contribution in [3.05, 3.63) is 96.0 Å². The van der Waals surface area contributed by atoms with Gasteiger partial charge in [-0.1, -0.05) is 24.3 Å². The van der Waals surface area contributed by atoms with Crippen LogP contribution in [0.1, 0.15) is 21.6 Å². The quantitative estimate of drug-likeness (QED) is 0.405. The summed E-state index contributed by atoms with van der Waals surface area (Å²) in [6.45, 7) is 0.523. The van der Waals surface area contributed by atoms with Gasteiger partial charge in [-0.05, 0) is 54.5 Å². The van der Waals surface area contributed by atoms with Crippen molar-refractivity contribution in [3.63, 3.8) is 0 Å². The number of nitrogens with one attached hydrogen (secondary N) is 3. The summed E-state index contributed by atoms with van der Waals surface area (Å²) >= 11 is 0. The van der Waals surface area contributed by atoms with Gasteiger partial charge in [0.15, 0.2) is 0 Å². The second kappa shape index (κ2) is 9.49. The highest BCUT2D eigenvalue weighted by molar-refractivity contribution is 6.03. The minimum absolute atomic E-state index is 0.160. The molecule has 0 aliphatic rings. The molecule has 4 rings (SSSR count). The average Bonchev–Trinajstić information content (AvgIpc) is 3.22. The minimum atomic E-state index is -0.277. The van der Waals surface area contributed by atoms with Crippen LogP contribution in [0.3, 0.4) is 0 Å². The summed E-state index contributed by atoms with van der Waals surface area (Å²) in [5, 5.41) is 13.8. The summed E-state index contributed by atoms with van der Waals surface area (Å²) in [7, 11) is 0. The predicted molar refractivity (Wildman–Crippen MR) is 120 cm³/mol. The molecule has 31 heavy (non-hydrogen) atoms. The zero-order valence-corrected chi connectivity index (χ0v) is 16.7. The Morgan fingerprint density at radius 3 is 2.65 bits per heavy atom. The third kappa shape index (κ3) is 5.22. The first-order valence-corrected chi connectivity index (χ1v) is 9.88. The van der Waals surface area contributed by atoms with Crippen LogP contribution in [0, 0.1) is 0 Å². The lowest BCUT2D eigenvalue weighted by Crippen LogP contribution is -2.25. The van der Waals surface area contributed by atoms with Gasteiger partial charge in [-0.25, -0.2) is 0 Å². The normalized spacial score (nSPS) is 11.0. The average molecular weight is 411 g/mol. The number of hydrogen-bond acceptors (Lipinski definition) is 4. The number of amides is 2. The molecule has 0 saturated carbocycles. The molecule has 0 aliphatic heterocycles. The number of para-hydroxylation sites is 1. The number of carbonyl (C=O) groups excluding carboxylic acids is 2. The third-order valence-corrected chi connectivity index (χ3v) is 4.73. The molecule has 2 aromatic heterocycles. The number of benzene rings is 2. The first-order valence-electron chi connectivity index (χ1n) is 9.88. The molecule has 7 nitrogen and oxygen atoms in total. The van der Waals surface area contributed by atoms with Crippen LogP contribution in [0.2, 0.25) is 0 Å². The van der Waals surface area contributed by atoms with E-state index in [0.29, 0.717) is 29.9 Å². The fourth-order valence-corrected chi connectivity index (χ4v) is 3.12. The van der Waals surface area contributed by atoms with Crippen LogP contribution >= 0.6 is 0 Å². The summed E-state index contributed by atoms with van der Waals surface area (Å²) in [5.74, 6) is -0.437. The predicted octanol–water partition coefficient (Wildman–Crippen LogP) is 3.58. The van der Waals surface area contributed by atoms with E-state index in [-0.39, 0.29) is 11.8 Å². The van der Waals surface area contributed by atoms with Crippen LogP contribution in [0.25, 0.3) is 17.0 Å². The Morgan fingerprint density at radius 1 is 1.00 bits per heavy atom. The highest BCUT2D eigenvalue weighted by Crippen LogP contribution is 2.16. The molecule has 0 fully saturated rings. The maximum Gasteiger partial charge on any atom is 0.251 e. The highest BCUT2D eigenvalue weighted by Gasteiger charge is 2.06. The first kappa shape index (κ1) is 20.0. The molecule has 2 aromatic carbocycles. The zero-order chi connectivity index (χ0) is 21.5. The maximum atomic E-state index is 12.3. The number of fused-ring (bicyclic) bond motifs is 1. The number of hydrogen-bond donors (Lipinski definition) is 3. The van der Waals surface area contributed by atoms with Crippen molar-refractivity contribution in [1.29, 1.82) is 0 Å². The molecule has 0 saturated heterocycles. The van der Waals surface area contributed by atoms with Gasteiger partial charge in [0.1, 0.15) is 0 Å². The second-order valence-corrected chi connectivity index (χ2v) is 6.92. The maximum absolute atomic E-state index is 12.3. The van der Waals surface area contributed by atoms with E-state index < -0.39 is 0 Å². The number of H-pyrrole nitrogens is 1. The number of pyridine rings is 1. The summed E-state index contributed by atoms with van der Waals surface area (Å²) in [5.41, 5.74) is 3.81. The number of aromatic nitrogens is 3. The molecule has 0 atom stereocenters. The van der Waals surface area contributed by atoms with Gasteiger partial charge in [-0.15, -0.1) is 0 Å². The van der Waals surface area contributed by atoms with E-state index in [1.54, 1.807) is 42.7 Å². The van der Waals surface area contributed by atoms with Gasteiger partial charge in [0.05, 0.1) is 11.2 Å². The Balaban J connectivity index is 1.29. The van der Waals surface area contributed by atoms with Crippen molar-refractivity contribution in [3.8, 4) is 0 Å². The van der Waals surface area contributed by atoms with Crippen LogP contribution in [-0.2, 0) is 11.2 Å². The lowest BCUT2D eigenvalue weighted by Gasteiger charge is -2.07. The molecule has 2 heterocycles. The summed E-state index contributed by atoms with van der Waals surface area (Å²) in [6, 6.07) is 18.3.